The number of pyridine rings is 1. The lowest BCUT2D eigenvalue weighted by molar-refractivity contribution is 0.0952. The number of nitrogens with one attached hydrogen (secondary N) is 2. The Morgan fingerprint density at radius 3 is 2.67 bits per heavy atom. The Morgan fingerprint density at radius 2 is 1.92 bits per heavy atom. The number of likely N-dealkylation sites (N-methyl/N-ethyl adjacent to an activating group) is 1. The van der Waals surface area contributed by atoms with Crippen molar-refractivity contribution in [3.8, 4) is 5.75 Å². The first-order chi connectivity index (χ1) is 17.4. The van der Waals surface area contributed by atoms with E-state index in [1.165, 1.54) is 12.8 Å². The van der Waals surface area contributed by atoms with Crippen LogP contribution in [0.1, 0.15) is 41.6 Å². The lowest BCUT2D eigenvalue weighted by atomic mass is 10.0. The van der Waals surface area contributed by atoms with Crippen molar-refractivity contribution in [2.45, 2.75) is 44.2 Å². The molecule has 3 aromatic carbocycles. The molecule has 2 saturated carbocycles. The number of nitrogens with zero attached hydrogens (tertiary/aromatic N) is 2. The van der Waals surface area contributed by atoms with Gasteiger partial charge in [0.25, 0.3) is 5.91 Å². The van der Waals surface area contributed by atoms with E-state index in [0.717, 1.165) is 62.8 Å². The smallest absolute Gasteiger partial charge is 0.252 e. The van der Waals surface area contributed by atoms with Crippen LogP contribution in [-0.4, -0.2) is 48.1 Å². The topological polar surface area (TPSA) is 66.5 Å². The molecule has 6 heteroatoms. The first-order valence-corrected chi connectivity index (χ1v) is 12.7. The quantitative estimate of drug-likeness (QED) is 0.333. The third-order valence-electron chi connectivity index (χ3n) is 7.63. The van der Waals surface area contributed by atoms with Gasteiger partial charge < -0.3 is 20.3 Å². The van der Waals surface area contributed by atoms with Gasteiger partial charge in [0.05, 0.1) is 11.1 Å². The molecule has 0 radical (unpaired) electrons. The van der Waals surface area contributed by atoms with Crippen molar-refractivity contribution < 1.29 is 9.53 Å². The number of rotatable bonds is 8. The van der Waals surface area contributed by atoms with Crippen molar-refractivity contribution in [2.24, 2.45) is 0 Å². The molecular formula is C30H32N4O2. The molecule has 6 nitrogen and oxygen atoms in total. The van der Waals surface area contributed by atoms with Gasteiger partial charge in [0.1, 0.15) is 12.4 Å². The van der Waals surface area contributed by atoms with Gasteiger partial charge in [0, 0.05) is 40.6 Å². The van der Waals surface area contributed by atoms with Gasteiger partial charge in [-0.15, -0.1) is 0 Å². The minimum atomic E-state index is 0.00984. The molecular weight excluding hydrogens is 448 g/mol. The zero-order valence-electron chi connectivity index (χ0n) is 21.1. The maximum absolute atomic E-state index is 12.7. The Bertz CT molecular complexity index is 1470. The number of hydrogen-bond acceptors (Lipinski definition) is 5. The number of anilines is 2. The van der Waals surface area contributed by atoms with Crippen LogP contribution in [0.3, 0.4) is 0 Å². The molecule has 1 aromatic heterocycles. The maximum Gasteiger partial charge on any atom is 0.252 e. The fourth-order valence-electron chi connectivity index (χ4n) is 4.83. The zero-order chi connectivity index (χ0) is 24.9. The van der Waals surface area contributed by atoms with Gasteiger partial charge in [-0.25, -0.2) is 0 Å². The summed E-state index contributed by atoms with van der Waals surface area (Å²) in [5.41, 5.74) is 4.85. The van der Waals surface area contributed by atoms with Gasteiger partial charge in [0.2, 0.25) is 0 Å². The van der Waals surface area contributed by atoms with Crippen LogP contribution < -0.4 is 15.4 Å². The van der Waals surface area contributed by atoms with Crippen LogP contribution in [0.5, 0.6) is 5.75 Å². The summed E-state index contributed by atoms with van der Waals surface area (Å²) in [6.45, 7) is 2.78. The van der Waals surface area contributed by atoms with Crippen LogP contribution in [0, 0.1) is 6.92 Å². The van der Waals surface area contributed by atoms with Crippen LogP contribution >= 0.6 is 0 Å². The van der Waals surface area contributed by atoms with Gasteiger partial charge in [0.15, 0.2) is 0 Å². The highest BCUT2D eigenvalue weighted by molar-refractivity contribution is 6.08. The van der Waals surface area contributed by atoms with E-state index in [4.69, 9.17) is 4.74 Å². The number of benzene rings is 3. The van der Waals surface area contributed by atoms with Crippen LogP contribution in [0.4, 0.5) is 11.4 Å². The third-order valence-corrected chi connectivity index (χ3v) is 7.63. The molecule has 0 aliphatic heterocycles. The van der Waals surface area contributed by atoms with E-state index in [2.05, 4.69) is 53.7 Å². The van der Waals surface area contributed by atoms with Crippen LogP contribution in [-0.2, 0) is 0 Å². The molecule has 4 aromatic rings. The standard InChI is InChI=1S/C30H32N4O2/c1-19-15-25-26(11-14-31-27(25)17-28(19)36-18-30(12-13-30)34(2)3)32-22-9-10-23-20(16-22)5-4-6-24(23)29(35)33-21-7-8-21/h4-6,9-11,14-17,21H,7-8,12-13,18H2,1-3H3,(H,31,32)(H,33,35). The molecule has 6 rings (SSSR count). The van der Waals surface area contributed by atoms with Gasteiger partial charge in [-0.3, -0.25) is 9.78 Å². The molecule has 0 saturated heterocycles. The summed E-state index contributed by atoms with van der Waals surface area (Å²) in [6.07, 6.45) is 6.34. The highest BCUT2D eigenvalue weighted by Gasteiger charge is 2.45. The Labute approximate surface area is 211 Å². The van der Waals surface area contributed by atoms with Crippen molar-refractivity contribution in [1.29, 1.82) is 0 Å². The van der Waals surface area contributed by atoms with E-state index < -0.39 is 0 Å². The molecule has 184 valence electrons. The summed E-state index contributed by atoms with van der Waals surface area (Å²) in [5.74, 6) is 0.901. The van der Waals surface area contributed by atoms with Crippen molar-refractivity contribution in [2.75, 3.05) is 26.0 Å². The van der Waals surface area contributed by atoms with Crippen molar-refractivity contribution in [3.63, 3.8) is 0 Å². The number of hydrogen-bond donors (Lipinski definition) is 2. The first-order valence-electron chi connectivity index (χ1n) is 12.7. The predicted molar refractivity (Wildman–Crippen MR) is 145 cm³/mol. The molecule has 2 aliphatic carbocycles. The first kappa shape index (κ1) is 22.8. The average molecular weight is 481 g/mol. The van der Waals surface area contributed by atoms with E-state index in [0.29, 0.717) is 12.6 Å². The molecule has 2 N–H and O–H groups in total. The average Bonchev–Trinajstić information content (AvgIpc) is 3.79. The molecule has 1 amide bonds. The van der Waals surface area contributed by atoms with Crippen molar-refractivity contribution in [1.82, 2.24) is 15.2 Å². The second-order valence-corrected chi connectivity index (χ2v) is 10.5. The van der Waals surface area contributed by atoms with E-state index in [-0.39, 0.29) is 11.4 Å². The highest BCUT2D eigenvalue weighted by Crippen LogP contribution is 2.41. The van der Waals surface area contributed by atoms with E-state index in [1.54, 1.807) is 0 Å². The SMILES string of the molecule is Cc1cc2c(Nc3ccc4c(C(=O)NC5CC5)cccc4c3)ccnc2cc1OCC1(N(C)C)CC1. The predicted octanol–water partition coefficient (Wildman–Crippen LogP) is 5.81. The van der Waals surface area contributed by atoms with E-state index in [1.807, 2.05) is 48.7 Å². The number of aromatic nitrogens is 1. The fourth-order valence-corrected chi connectivity index (χ4v) is 4.83. The van der Waals surface area contributed by atoms with Crippen molar-refractivity contribution in [3.05, 3.63) is 71.9 Å². The minimum absolute atomic E-state index is 0.00984. The number of fused-ring (bicyclic) bond motifs is 2. The van der Waals surface area contributed by atoms with Crippen LogP contribution in [0.15, 0.2) is 60.8 Å². The molecule has 1 heterocycles. The Kier molecular flexibility index (Phi) is 5.56. The summed E-state index contributed by atoms with van der Waals surface area (Å²) < 4.78 is 6.26. The molecule has 2 aliphatic rings. The Morgan fingerprint density at radius 1 is 1.08 bits per heavy atom. The third kappa shape index (κ3) is 4.37. The maximum atomic E-state index is 12.7. The van der Waals surface area contributed by atoms with E-state index >= 15 is 0 Å². The lowest BCUT2D eigenvalue weighted by Crippen LogP contribution is -2.35. The molecule has 0 bridgehead atoms. The lowest BCUT2D eigenvalue weighted by Gasteiger charge is -2.24. The molecule has 0 atom stereocenters. The van der Waals surface area contributed by atoms with Gasteiger partial charge in [-0.1, -0.05) is 18.2 Å². The van der Waals surface area contributed by atoms with Crippen LogP contribution in [0.25, 0.3) is 21.7 Å². The highest BCUT2D eigenvalue weighted by atomic mass is 16.5. The summed E-state index contributed by atoms with van der Waals surface area (Å²) in [7, 11) is 4.25. The summed E-state index contributed by atoms with van der Waals surface area (Å²) >= 11 is 0. The zero-order valence-corrected chi connectivity index (χ0v) is 21.1. The van der Waals surface area contributed by atoms with Crippen molar-refractivity contribution >= 4 is 39.0 Å². The number of carbonyl (C=O) groups is 1. The molecule has 0 unspecified atom stereocenters. The number of aryl methyl sites for hydroxylation is 1. The molecule has 36 heavy (non-hydrogen) atoms. The van der Waals surface area contributed by atoms with Gasteiger partial charge in [-0.05, 0) is 93.4 Å². The summed E-state index contributed by atoms with van der Waals surface area (Å²) in [4.78, 5) is 19.6. The summed E-state index contributed by atoms with van der Waals surface area (Å²) in [5, 5.41) is 9.71. The van der Waals surface area contributed by atoms with E-state index in [9.17, 15) is 4.79 Å². The number of amides is 1. The minimum Gasteiger partial charge on any atom is -0.491 e. The van der Waals surface area contributed by atoms with Crippen LogP contribution in [0.2, 0.25) is 0 Å². The summed E-state index contributed by atoms with van der Waals surface area (Å²) in [6, 6.07) is 18.6. The normalized spacial score (nSPS) is 16.3. The van der Waals surface area contributed by atoms with Gasteiger partial charge in [-0.2, -0.15) is 0 Å². The molecule has 2 fully saturated rings. The molecule has 0 spiro atoms. The number of carbonyl (C=O) groups excluding carboxylic acids is 1. The monoisotopic (exact) mass is 480 g/mol. The largest absolute Gasteiger partial charge is 0.491 e. The Balaban J connectivity index is 1.26. The number of ether oxygens (including phenoxy) is 1. The second kappa shape index (κ2) is 8.79. The second-order valence-electron chi connectivity index (χ2n) is 10.5. The Hall–Kier alpha value is -3.64. The van der Waals surface area contributed by atoms with Gasteiger partial charge >= 0.3 is 0 Å². The fraction of sp³-hybridized carbons (Fsp3) is 0.333.